The fraction of sp³-hybridized carbons (Fsp3) is 0.167. The number of rotatable bonds is 7. The summed E-state index contributed by atoms with van der Waals surface area (Å²) >= 11 is 0. The number of carbonyl (C=O) groups is 2. The van der Waals surface area contributed by atoms with E-state index in [-0.39, 0.29) is 18.1 Å². The van der Waals surface area contributed by atoms with Gasteiger partial charge in [-0.15, -0.1) is 0 Å². The first kappa shape index (κ1) is 20.3. The summed E-state index contributed by atoms with van der Waals surface area (Å²) in [6.07, 6.45) is 0.0318. The monoisotopic (exact) mass is 391 g/mol. The summed E-state index contributed by atoms with van der Waals surface area (Å²) in [5.41, 5.74) is 2.43. The third-order valence-corrected chi connectivity index (χ3v) is 4.70. The van der Waals surface area contributed by atoms with E-state index in [4.69, 9.17) is 4.74 Å². The maximum atomic E-state index is 13.1. The van der Waals surface area contributed by atoms with Gasteiger partial charge in [0.05, 0.1) is 13.5 Å². The lowest BCUT2D eigenvalue weighted by Crippen LogP contribution is -2.46. The Hall–Kier alpha value is -3.47. The van der Waals surface area contributed by atoms with Gasteiger partial charge in [0.25, 0.3) is 0 Å². The van der Waals surface area contributed by atoms with E-state index in [1.54, 1.807) is 12.1 Å². The molecule has 0 aliphatic carbocycles. The number of amides is 1. The van der Waals surface area contributed by atoms with Crippen molar-refractivity contribution in [3.05, 3.63) is 107 Å². The normalized spacial score (nSPS) is 11.7. The summed E-state index contributed by atoms with van der Waals surface area (Å²) in [5.74, 6) is -1.66. The molecule has 1 amide bonds. The SMILES string of the molecule is COC(=O)[C@H](NC(=O)Cc1ccc(F)cc1)C(c1ccccc1)c1ccccc1. The van der Waals surface area contributed by atoms with Crippen molar-refractivity contribution < 1.29 is 18.7 Å². The second kappa shape index (κ2) is 9.64. The van der Waals surface area contributed by atoms with Gasteiger partial charge in [-0.05, 0) is 28.8 Å². The number of esters is 1. The molecule has 0 radical (unpaired) electrons. The molecule has 0 unspecified atom stereocenters. The van der Waals surface area contributed by atoms with E-state index >= 15 is 0 Å². The molecule has 0 saturated carbocycles. The van der Waals surface area contributed by atoms with E-state index in [0.29, 0.717) is 5.56 Å². The molecule has 3 aromatic rings. The van der Waals surface area contributed by atoms with Crippen molar-refractivity contribution in [1.82, 2.24) is 5.32 Å². The number of nitrogens with one attached hydrogen (secondary N) is 1. The standard InChI is InChI=1S/C24H22FNO3/c1-29-24(28)23(26-21(27)16-17-12-14-20(25)15-13-17)22(18-8-4-2-5-9-18)19-10-6-3-7-11-19/h2-15,22-23H,16H2,1H3,(H,26,27)/t23-/m1/s1. The number of benzene rings is 3. The zero-order valence-electron chi connectivity index (χ0n) is 16.0. The molecule has 0 bridgehead atoms. The van der Waals surface area contributed by atoms with Crippen molar-refractivity contribution >= 4 is 11.9 Å². The average molecular weight is 391 g/mol. The second-order valence-electron chi connectivity index (χ2n) is 6.67. The van der Waals surface area contributed by atoms with Crippen molar-refractivity contribution in [1.29, 1.82) is 0 Å². The Kier molecular flexibility index (Phi) is 6.74. The molecule has 0 aliphatic rings. The van der Waals surface area contributed by atoms with Crippen molar-refractivity contribution in [3.63, 3.8) is 0 Å². The number of carbonyl (C=O) groups excluding carboxylic acids is 2. The molecular weight excluding hydrogens is 369 g/mol. The van der Waals surface area contributed by atoms with Crippen LogP contribution in [0.3, 0.4) is 0 Å². The van der Waals surface area contributed by atoms with Crippen LogP contribution in [0.2, 0.25) is 0 Å². The molecule has 1 atom stereocenters. The topological polar surface area (TPSA) is 55.4 Å². The Balaban J connectivity index is 1.90. The van der Waals surface area contributed by atoms with Gasteiger partial charge in [-0.25, -0.2) is 9.18 Å². The first-order valence-electron chi connectivity index (χ1n) is 9.30. The Bertz CT molecular complexity index is 903. The third kappa shape index (κ3) is 5.29. The number of hydrogen-bond acceptors (Lipinski definition) is 3. The van der Waals surface area contributed by atoms with Crippen LogP contribution in [0.4, 0.5) is 4.39 Å². The van der Waals surface area contributed by atoms with Crippen LogP contribution in [0.1, 0.15) is 22.6 Å². The van der Waals surface area contributed by atoms with Gasteiger partial charge in [0.15, 0.2) is 0 Å². The highest BCUT2D eigenvalue weighted by Crippen LogP contribution is 2.29. The summed E-state index contributed by atoms with van der Waals surface area (Å²) in [6, 6.07) is 23.8. The molecule has 0 fully saturated rings. The number of halogens is 1. The lowest BCUT2D eigenvalue weighted by molar-refractivity contribution is -0.145. The molecule has 0 heterocycles. The van der Waals surface area contributed by atoms with Gasteiger partial charge in [-0.1, -0.05) is 72.8 Å². The molecule has 0 aliphatic heterocycles. The lowest BCUT2D eigenvalue weighted by atomic mass is 9.85. The molecule has 4 nitrogen and oxygen atoms in total. The molecule has 3 aromatic carbocycles. The Labute approximate surface area is 169 Å². The highest BCUT2D eigenvalue weighted by molar-refractivity contribution is 5.87. The Morgan fingerprint density at radius 2 is 1.38 bits per heavy atom. The van der Waals surface area contributed by atoms with Gasteiger partial charge in [0.2, 0.25) is 5.91 Å². The van der Waals surface area contributed by atoms with E-state index in [1.807, 2.05) is 60.7 Å². The summed E-state index contributed by atoms with van der Waals surface area (Å²) in [6.45, 7) is 0. The van der Waals surface area contributed by atoms with Gasteiger partial charge in [0, 0.05) is 5.92 Å². The minimum Gasteiger partial charge on any atom is -0.467 e. The largest absolute Gasteiger partial charge is 0.467 e. The van der Waals surface area contributed by atoms with Crippen LogP contribution in [0.15, 0.2) is 84.9 Å². The van der Waals surface area contributed by atoms with Crippen LogP contribution < -0.4 is 5.32 Å². The Morgan fingerprint density at radius 3 is 1.86 bits per heavy atom. The molecule has 3 rings (SSSR count). The Morgan fingerprint density at radius 1 is 0.862 bits per heavy atom. The van der Waals surface area contributed by atoms with Gasteiger partial charge in [-0.2, -0.15) is 0 Å². The minimum absolute atomic E-state index is 0.0318. The van der Waals surface area contributed by atoms with Gasteiger partial charge >= 0.3 is 5.97 Å². The van der Waals surface area contributed by atoms with Crippen molar-refractivity contribution in [2.45, 2.75) is 18.4 Å². The molecular formula is C24H22FNO3. The predicted molar refractivity (Wildman–Crippen MR) is 109 cm³/mol. The predicted octanol–water partition coefficient (Wildman–Crippen LogP) is 3.86. The number of ether oxygens (including phenoxy) is 1. The fourth-order valence-corrected chi connectivity index (χ4v) is 3.32. The maximum absolute atomic E-state index is 13.1. The van der Waals surface area contributed by atoms with E-state index in [0.717, 1.165) is 11.1 Å². The molecule has 5 heteroatoms. The van der Waals surface area contributed by atoms with Crippen molar-refractivity contribution in [2.75, 3.05) is 7.11 Å². The summed E-state index contributed by atoms with van der Waals surface area (Å²) in [7, 11) is 1.30. The highest BCUT2D eigenvalue weighted by Gasteiger charge is 2.33. The summed E-state index contributed by atoms with van der Waals surface area (Å²) in [4.78, 5) is 25.3. The van der Waals surface area contributed by atoms with Crippen LogP contribution in [0.25, 0.3) is 0 Å². The van der Waals surface area contributed by atoms with E-state index in [2.05, 4.69) is 5.32 Å². The quantitative estimate of drug-likeness (QED) is 0.623. The van der Waals surface area contributed by atoms with E-state index in [1.165, 1.54) is 19.2 Å². The van der Waals surface area contributed by atoms with Crippen LogP contribution >= 0.6 is 0 Å². The summed E-state index contributed by atoms with van der Waals surface area (Å²) < 4.78 is 18.1. The second-order valence-corrected chi connectivity index (χ2v) is 6.67. The zero-order valence-corrected chi connectivity index (χ0v) is 16.0. The first-order valence-corrected chi connectivity index (χ1v) is 9.30. The van der Waals surface area contributed by atoms with Crippen LogP contribution in [-0.4, -0.2) is 25.0 Å². The molecule has 0 saturated heterocycles. The van der Waals surface area contributed by atoms with Crippen molar-refractivity contribution in [2.24, 2.45) is 0 Å². The zero-order chi connectivity index (χ0) is 20.6. The highest BCUT2D eigenvalue weighted by atomic mass is 19.1. The summed E-state index contributed by atoms with van der Waals surface area (Å²) in [5, 5.41) is 2.82. The minimum atomic E-state index is -0.905. The molecule has 148 valence electrons. The number of hydrogen-bond donors (Lipinski definition) is 1. The smallest absolute Gasteiger partial charge is 0.329 e. The average Bonchev–Trinajstić information content (AvgIpc) is 2.76. The number of methoxy groups -OCH3 is 1. The van der Waals surface area contributed by atoms with E-state index in [9.17, 15) is 14.0 Å². The van der Waals surface area contributed by atoms with Crippen LogP contribution in [-0.2, 0) is 20.7 Å². The fourth-order valence-electron chi connectivity index (χ4n) is 3.32. The van der Waals surface area contributed by atoms with E-state index < -0.39 is 17.9 Å². The maximum Gasteiger partial charge on any atom is 0.329 e. The van der Waals surface area contributed by atoms with Crippen LogP contribution in [0, 0.1) is 5.82 Å². The molecule has 0 spiro atoms. The van der Waals surface area contributed by atoms with Crippen LogP contribution in [0.5, 0.6) is 0 Å². The van der Waals surface area contributed by atoms with Crippen molar-refractivity contribution in [3.8, 4) is 0 Å². The van der Waals surface area contributed by atoms with Gasteiger partial charge in [0.1, 0.15) is 11.9 Å². The van der Waals surface area contributed by atoms with Gasteiger partial charge < -0.3 is 10.1 Å². The molecule has 1 N–H and O–H groups in total. The first-order chi connectivity index (χ1) is 14.1. The lowest BCUT2D eigenvalue weighted by Gasteiger charge is -2.27. The molecule has 0 aromatic heterocycles. The van der Waals surface area contributed by atoms with Gasteiger partial charge in [-0.3, -0.25) is 4.79 Å². The molecule has 29 heavy (non-hydrogen) atoms. The third-order valence-electron chi connectivity index (χ3n) is 4.70.